The van der Waals surface area contributed by atoms with Gasteiger partial charge in [-0.15, -0.1) is 0 Å². The molecule has 0 saturated carbocycles. The third-order valence-electron chi connectivity index (χ3n) is 4.82. The number of nitrogens with zero attached hydrogens (tertiary/aromatic N) is 3. The van der Waals surface area contributed by atoms with Crippen LogP contribution in [0.1, 0.15) is 17.0 Å². The highest BCUT2D eigenvalue weighted by Gasteiger charge is 2.23. The van der Waals surface area contributed by atoms with Gasteiger partial charge < -0.3 is 9.67 Å². The number of halogens is 1. The molecule has 0 unspecified atom stereocenters. The third-order valence-corrected chi connectivity index (χ3v) is 4.82. The second-order valence-electron chi connectivity index (χ2n) is 6.48. The first-order valence-corrected chi connectivity index (χ1v) is 8.41. The maximum absolute atomic E-state index is 13.2. The van der Waals surface area contributed by atoms with Gasteiger partial charge in [0.05, 0.1) is 11.4 Å². The fourth-order valence-electron chi connectivity index (χ4n) is 3.42. The van der Waals surface area contributed by atoms with E-state index in [1.54, 1.807) is 18.2 Å². The highest BCUT2D eigenvalue weighted by atomic mass is 19.1. The molecule has 0 atom stereocenters. The van der Waals surface area contributed by atoms with Gasteiger partial charge in [0.15, 0.2) is 0 Å². The molecule has 0 bridgehead atoms. The molecular formula is C20H20FN3O. The molecule has 1 N–H and O–H groups in total. The number of aromatic hydroxyl groups is 1. The zero-order valence-corrected chi connectivity index (χ0v) is 14.1. The predicted octanol–water partition coefficient (Wildman–Crippen LogP) is 3.49. The topological polar surface area (TPSA) is 41.3 Å². The summed E-state index contributed by atoms with van der Waals surface area (Å²) in [5, 5.41) is 9.99. The molecule has 0 amide bonds. The molecule has 0 saturated heterocycles. The van der Waals surface area contributed by atoms with E-state index >= 15 is 0 Å². The van der Waals surface area contributed by atoms with Crippen LogP contribution < -0.4 is 0 Å². The summed E-state index contributed by atoms with van der Waals surface area (Å²) in [4.78, 5) is 7.09. The van der Waals surface area contributed by atoms with E-state index in [9.17, 15) is 9.50 Å². The van der Waals surface area contributed by atoms with Crippen LogP contribution in [0.3, 0.4) is 0 Å². The number of fused-ring (bicyclic) bond motifs is 1. The van der Waals surface area contributed by atoms with Crippen molar-refractivity contribution in [3.8, 4) is 17.1 Å². The lowest BCUT2D eigenvalue weighted by Crippen LogP contribution is -2.31. The van der Waals surface area contributed by atoms with Crippen LogP contribution in [0.5, 0.6) is 5.75 Å². The summed E-state index contributed by atoms with van der Waals surface area (Å²) in [7, 11) is 2.01. The van der Waals surface area contributed by atoms with E-state index in [0.717, 1.165) is 42.2 Å². The zero-order chi connectivity index (χ0) is 17.4. The molecule has 3 aromatic rings. The minimum absolute atomic E-state index is 0.239. The Labute approximate surface area is 146 Å². The number of imidazole rings is 1. The molecule has 2 heterocycles. The van der Waals surface area contributed by atoms with Gasteiger partial charge in [-0.05, 0) is 30.3 Å². The molecule has 4 nitrogen and oxygen atoms in total. The number of benzene rings is 2. The molecule has 0 aliphatic carbocycles. The van der Waals surface area contributed by atoms with Gasteiger partial charge in [0.25, 0.3) is 0 Å². The third kappa shape index (κ3) is 3.03. The Morgan fingerprint density at radius 3 is 2.64 bits per heavy atom. The van der Waals surface area contributed by atoms with E-state index in [4.69, 9.17) is 4.98 Å². The lowest BCUT2D eigenvalue weighted by molar-refractivity contribution is 0.235. The second kappa shape index (κ2) is 6.33. The Hall–Kier alpha value is -2.66. The fourth-order valence-corrected chi connectivity index (χ4v) is 3.42. The quantitative estimate of drug-likeness (QED) is 0.795. The first-order valence-electron chi connectivity index (χ1n) is 8.41. The van der Waals surface area contributed by atoms with Crippen molar-refractivity contribution in [2.45, 2.75) is 19.5 Å². The van der Waals surface area contributed by atoms with Crippen molar-refractivity contribution in [3.63, 3.8) is 0 Å². The monoisotopic (exact) mass is 337 g/mol. The Balaban J connectivity index is 1.59. The Morgan fingerprint density at radius 1 is 1.12 bits per heavy atom. The van der Waals surface area contributed by atoms with Crippen LogP contribution in [0, 0.1) is 5.82 Å². The van der Waals surface area contributed by atoms with Crippen LogP contribution in [0.2, 0.25) is 0 Å². The van der Waals surface area contributed by atoms with Crippen molar-refractivity contribution in [1.29, 1.82) is 0 Å². The van der Waals surface area contributed by atoms with Gasteiger partial charge in [-0.1, -0.05) is 18.2 Å². The van der Waals surface area contributed by atoms with E-state index < -0.39 is 0 Å². The molecule has 0 spiro atoms. The Kier molecular flexibility index (Phi) is 4.01. The average Bonchev–Trinajstić information content (AvgIpc) is 2.94. The summed E-state index contributed by atoms with van der Waals surface area (Å²) in [5.74, 6) is 0.969. The molecular weight excluding hydrogens is 317 g/mol. The van der Waals surface area contributed by atoms with Crippen LogP contribution in [0.15, 0.2) is 48.5 Å². The van der Waals surface area contributed by atoms with Crippen LogP contribution in [-0.2, 0) is 26.6 Å². The van der Waals surface area contributed by atoms with Crippen molar-refractivity contribution in [3.05, 3.63) is 71.3 Å². The minimum Gasteiger partial charge on any atom is -0.508 e. The summed E-state index contributed by atoms with van der Waals surface area (Å²) in [6, 6.07) is 13.9. The average molecular weight is 337 g/mol. The van der Waals surface area contributed by atoms with Gasteiger partial charge in [-0.2, -0.15) is 0 Å². The van der Waals surface area contributed by atoms with Crippen molar-refractivity contribution in [2.24, 2.45) is 7.05 Å². The number of aromatic nitrogens is 2. The summed E-state index contributed by atoms with van der Waals surface area (Å²) in [6.07, 6.45) is 0.873. The van der Waals surface area contributed by atoms with Gasteiger partial charge in [0, 0.05) is 44.2 Å². The van der Waals surface area contributed by atoms with E-state index in [1.807, 2.05) is 25.2 Å². The van der Waals surface area contributed by atoms with Crippen LogP contribution >= 0.6 is 0 Å². The number of hydrogen-bond acceptors (Lipinski definition) is 3. The van der Waals surface area contributed by atoms with Crippen molar-refractivity contribution >= 4 is 0 Å². The minimum atomic E-state index is -0.239. The lowest BCUT2D eigenvalue weighted by Gasteiger charge is -2.27. The predicted molar refractivity (Wildman–Crippen MR) is 94.5 cm³/mol. The van der Waals surface area contributed by atoms with E-state index in [-0.39, 0.29) is 5.82 Å². The number of phenols is 1. The summed E-state index contributed by atoms with van der Waals surface area (Å²) in [6.45, 7) is 2.40. The summed E-state index contributed by atoms with van der Waals surface area (Å²) in [5.41, 5.74) is 4.15. The van der Waals surface area contributed by atoms with Crippen LogP contribution in [0.25, 0.3) is 11.4 Å². The van der Waals surface area contributed by atoms with E-state index in [2.05, 4.69) is 9.47 Å². The molecule has 2 aromatic carbocycles. The second-order valence-corrected chi connectivity index (χ2v) is 6.48. The standard InChI is InChI=1S/C20H20FN3O/c1-23-18-13-24(12-15-4-2-3-5-19(15)25)11-10-17(18)22-20(23)14-6-8-16(21)9-7-14/h2-9,25H,10-13H2,1H3. The van der Waals surface area contributed by atoms with Gasteiger partial charge in [0.1, 0.15) is 17.4 Å². The largest absolute Gasteiger partial charge is 0.508 e. The van der Waals surface area contributed by atoms with Crippen LogP contribution in [-0.4, -0.2) is 26.1 Å². The van der Waals surface area contributed by atoms with Gasteiger partial charge in [-0.25, -0.2) is 9.37 Å². The lowest BCUT2D eigenvalue weighted by atomic mass is 10.1. The maximum atomic E-state index is 13.2. The Bertz CT molecular complexity index is 902. The SMILES string of the molecule is Cn1c(-c2ccc(F)cc2)nc2c1CN(Cc1ccccc1O)CC2. The molecule has 1 aliphatic rings. The maximum Gasteiger partial charge on any atom is 0.140 e. The molecule has 5 heteroatoms. The van der Waals surface area contributed by atoms with Crippen molar-refractivity contribution in [2.75, 3.05) is 6.54 Å². The number of phenolic OH excluding ortho intramolecular Hbond substituents is 1. The smallest absolute Gasteiger partial charge is 0.140 e. The van der Waals surface area contributed by atoms with E-state index in [1.165, 1.54) is 17.8 Å². The first kappa shape index (κ1) is 15.8. The molecule has 4 rings (SSSR count). The van der Waals surface area contributed by atoms with Crippen molar-refractivity contribution < 1.29 is 9.50 Å². The molecule has 128 valence electrons. The fraction of sp³-hybridized carbons (Fsp3) is 0.250. The highest BCUT2D eigenvalue weighted by Crippen LogP contribution is 2.27. The summed E-state index contributed by atoms with van der Waals surface area (Å²) >= 11 is 0. The molecule has 0 fully saturated rings. The highest BCUT2D eigenvalue weighted by molar-refractivity contribution is 5.57. The molecule has 0 radical (unpaired) electrons. The number of hydrogen-bond donors (Lipinski definition) is 1. The summed E-state index contributed by atoms with van der Waals surface area (Å²) < 4.78 is 15.3. The molecule has 25 heavy (non-hydrogen) atoms. The first-order chi connectivity index (χ1) is 12.1. The molecule has 1 aliphatic heterocycles. The number of rotatable bonds is 3. The normalized spacial score (nSPS) is 14.5. The van der Waals surface area contributed by atoms with Gasteiger partial charge in [0.2, 0.25) is 0 Å². The zero-order valence-electron chi connectivity index (χ0n) is 14.1. The van der Waals surface area contributed by atoms with Gasteiger partial charge in [-0.3, -0.25) is 4.90 Å². The van der Waals surface area contributed by atoms with Crippen LogP contribution in [0.4, 0.5) is 4.39 Å². The molecule has 1 aromatic heterocycles. The number of para-hydroxylation sites is 1. The van der Waals surface area contributed by atoms with E-state index in [0.29, 0.717) is 12.3 Å². The Morgan fingerprint density at radius 2 is 1.88 bits per heavy atom. The van der Waals surface area contributed by atoms with Gasteiger partial charge >= 0.3 is 0 Å². The van der Waals surface area contributed by atoms with Crippen molar-refractivity contribution in [1.82, 2.24) is 14.5 Å².